The van der Waals surface area contributed by atoms with Crippen LogP contribution in [0.25, 0.3) is 0 Å². The van der Waals surface area contributed by atoms with Crippen molar-refractivity contribution < 1.29 is 14.7 Å². The van der Waals surface area contributed by atoms with E-state index in [-0.39, 0.29) is 5.56 Å². The molecule has 0 bridgehead atoms. The Morgan fingerprint density at radius 3 is 1.89 bits per heavy atom. The number of carbonyl (C=O) groups excluding carboxylic acids is 1. The highest BCUT2D eigenvalue weighted by atomic mass is 16.4. The molecule has 0 saturated carbocycles. The number of hydrogen-bond acceptors (Lipinski definition) is 2. The molecule has 2 aromatic carbocycles. The second-order valence-electron chi connectivity index (χ2n) is 4.04. The zero-order valence-corrected chi connectivity index (χ0v) is 9.67. The van der Waals surface area contributed by atoms with E-state index < -0.39 is 5.97 Å². The molecule has 2 rings (SSSR count). The van der Waals surface area contributed by atoms with Crippen LogP contribution in [0.3, 0.4) is 0 Å². The van der Waals surface area contributed by atoms with Crippen LogP contribution in [-0.4, -0.2) is 17.4 Å². The Kier molecular flexibility index (Phi) is 3.53. The topological polar surface area (TPSA) is 54.4 Å². The molecule has 0 spiro atoms. The summed E-state index contributed by atoms with van der Waals surface area (Å²) in [6.45, 7) is 0. The molecule has 0 aliphatic rings. The molecule has 2 aromatic rings. The third kappa shape index (κ3) is 2.83. The average molecular weight is 240 g/mol. The number of benzene rings is 2. The molecule has 3 nitrogen and oxygen atoms in total. The fourth-order valence-electron chi connectivity index (χ4n) is 1.71. The Hall–Kier alpha value is -2.42. The molecule has 0 aliphatic carbocycles. The van der Waals surface area contributed by atoms with Crippen LogP contribution in [0.2, 0.25) is 0 Å². The molecule has 3 heteroatoms. The third-order valence-electron chi connectivity index (χ3n) is 2.72. The number of carbonyl (C=O) groups is 2. The molecule has 18 heavy (non-hydrogen) atoms. The number of rotatable bonds is 4. The van der Waals surface area contributed by atoms with Gasteiger partial charge < -0.3 is 5.11 Å². The zero-order valence-electron chi connectivity index (χ0n) is 9.67. The van der Waals surface area contributed by atoms with Gasteiger partial charge in [0, 0.05) is 5.56 Å². The summed E-state index contributed by atoms with van der Waals surface area (Å²) in [5, 5.41) is 8.79. The van der Waals surface area contributed by atoms with Gasteiger partial charge in [0.1, 0.15) is 6.29 Å². The molecular weight excluding hydrogens is 228 g/mol. The predicted molar refractivity (Wildman–Crippen MR) is 68.0 cm³/mol. The van der Waals surface area contributed by atoms with Crippen LogP contribution in [-0.2, 0) is 6.42 Å². The normalized spacial score (nSPS) is 10.0. The van der Waals surface area contributed by atoms with Gasteiger partial charge in [0.25, 0.3) is 0 Å². The molecule has 0 radical (unpaired) electrons. The van der Waals surface area contributed by atoms with Crippen molar-refractivity contribution in [3.8, 4) is 0 Å². The Morgan fingerprint density at radius 2 is 1.44 bits per heavy atom. The molecule has 0 saturated heterocycles. The summed E-state index contributed by atoms with van der Waals surface area (Å²) in [6, 6.07) is 14.1. The van der Waals surface area contributed by atoms with E-state index in [0.717, 1.165) is 23.8 Å². The first-order chi connectivity index (χ1) is 8.69. The van der Waals surface area contributed by atoms with Gasteiger partial charge in [-0.25, -0.2) is 4.79 Å². The first-order valence-electron chi connectivity index (χ1n) is 5.55. The highest BCUT2D eigenvalue weighted by molar-refractivity contribution is 5.87. The van der Waals surface area contributed by atoms with Crippen molar-refractivity contribution in [1.82, 2.24) is 0 Å². The van der Waals surface area contributed by atoms with Crippen LogP contribution < -0.4 is 0 Å². The Labute approximate surface area is 105 Å². The van der Waals surface area contributed by atoms with Crippen molar-refractivity contribution in [3.63, 3.8) is 0 Å². The lowest BCUT2D eigenvalue weighted by atomic mass is 10.0. The van der Waals surface area contributed by atoms with Crippen molar-refractivity contribution in [2.75, 3.05) is 0 Å². The minimum absolute atomic E-state index is 0.287. The molecule has 1 N–H and O–H groups in total. The van der Waals surface area contributed by atoms with E-state index in [2.05, 4.69) is 0 Å². The van der Waals surface area contributed by atoms with Crippen LogP contribution in [0, 0.1) is 0 Å². The lowest BCUT2D eigenvalue weighted by Gasteiger charge is -2.03. The SMILES string of the molecule is O=Cc1ccc(Cc2ccc(C(=O)O)cc2)cc1. The molecule has 0 atom stereocenters. The van der Waals surface area contributed by atoms with E-state index in [9.17, 15) is 9.59 Å². The zero-order chi connectivity index (χ0) is 13.0. The van der Waals surface area contributed by atoms with Gasteiger partial charge in [0.2, 0.25) is 0 Å². The van der Waals surface area contributed by atoms with Crippen molar-refractivity contribution in [2.45, 2.75) is 6.42 Å². The van der Waals surface area contributed by atoms with Gasteiger partial charge in [-0.05, 0) is 29.7 Å². The van der Waals surface area contributed by atoms with E-state index in [1.807, 2.05) is 12.1 Å². The number of carboxylic acid groups (broad SMARTS) is 1. The summed E-state index contributed by atoms with van der Waals surface area (Å²) in [7, 11) is 0. The molecular formula is C15H12O3. The minimum Gasteiger partial charge on any atom is -0.478 e. The Balaban J connectivity index is 2.12. The van der Waals surface area contributed by atoms with Crippen molar-refractivity contribution >= 4 is 12.3 Å². The third-order valence-corrected chi connectivity index (χ3v) is 2.72. The highest BCUT2D eigenvalue weighted by Crippen LogP contribution is 2.11. The maximum absolute atomic E-state index is 10.7. The van der Waals surface area contributed by atoms with Crippen LogP contribution in [0.15, 0.2) is 48.5 Å². The van der Waals surface area contributed by atoms with Crippen molar-refractivity contribution in [2.24, 2.45) is 0 Å². The summed E-state index contributed by atoms with van der Waals surface area (Å²) in [6.07, 6.45) is 1.53. The van der Waals surface area contributed by atoms with Gasteiger partial charge in [0.05, 0.1) is 5.56 Å². The summed E-state index contributed by atoms with van der Waals surface area (Å²) in [4.78, 5) is 21.2. The molecule has 90 valence electrons. The maximum Gasteiger partial charge on any atom is 0.335 e. The van der Waals surface area contributed by atoms with Gasteiger partial charge >= 0.3 is 5.97 Å². The van der Waals surface area contributed by atoms with E-state index in [4.69, 9.17) is 5.11 Å². The quantitative estimate of drug-likeness (QED) is 0.836. The van der Waals surface area contributed by atoms with E-state index in [1.165, 1.54) is 0 Å². The fraction of sp³-hybridized carbons (Fsp3) is 0.0667. The number of carboxylic acids is 1. The van der Waals surface area contributed by atoms with Crippen LogP contribution in [0.4, 0.5) is 0 Å². The van der Waals surface area contributed by atoms with Gasteiger partial charge in [-0.1, -0.05) is 36.4 Å². The second-order valence-corrected chi connectivity index (χ2v) is 4.04. The standard InChI is InChI=1S/C15H12O3/c16-10-13-3-1-11(2-4-13)9-12-5-7-14(8-6-12)15(17)18/h1-8,10H,9H2,(H,17,18). The lowest BCUT2D eigenvalue weighted by molar-refractivity contribution is 0.0696. The minimum atomic E-state index is -0.920. The van der Waals surface area contributed by atoms with Crippen molar-refractivity contribution in [1.29, 1.82) is 0 Å². The maximum atomic E-state index is 10.7. The molecule has 0 unspecified atom stereocenters. The fourth-order valence-corrected chi connectivity index (χ4v) is 1.71. The first kappa shape index (κ1) is 12.0. The molecule has 0 amide bonds. The van der Waals surface area contributed by atoms with E-state index >= 15 is 0 Å². The molecule has 0 aliphatic heterocycles. The molecule has 0 fully saturated rings. The van der Waals surface area contributed by atoms with Crippen molar-refractivity contribution in [3.05, 3.63) is 70.8 Å². The molecule has 0 aromatic heterocycles. The van der Waals surface area contributed by atoms with E-state index in [1.54, 1.807) is 36.4 Å². The number of aromatic carboxylic acids is 1. The smallest absolute Gasteiger partial charge is 0.335 e. The average Bonchev–Trinajstić information content (AvgIpc) is 2.40. The van der Waals surface area contributed by atoms with E-state index in [0.29, 0.717) is 5.56 Å². The van der Waals surface area contributed by atoms with Gasteiger partial charge in [-0.3, -0.25) is 4.79 Å². The van der Waals surface area contributed by atoms with Crippen LogP contribution >= 0.6 is 0 Å². The number of aldehydes is 1. The largest absolute Gasteiger partial charge is 0.478 e. The molecule has 0 heterocycles. The Bertz CT molecular complexity index is 553. The van der Waals surface area contributed by atoms with Crippen LogP contribution in [0.1, 0.15) is 31.8 Å². The predicted octanol–water partition coefficient (Wildman–Crippen LogP) is 2.79. The summed E-state index contributed by atoms with van der Waals surface area (Å²) in [5.41, 5.74) is 3.07. The van der Waals surface area contributed by atoms with Crippen LogP contribution in [0.5, 0.6) is 0 Å². The van der Waals surface area contributed by atoms with Gasteiger partial charge in [0.15, 0.2) is 0 Å². The van der Waals surface area contributed by atoms with Gasteiger partial charge in [-0.2, -0.15) is 0 Å². The lowest BCUT2D eigenvalue weighted by Crippen LogP contribution is -1.96. The second kappa shape index (κ2) is 5.27. The summed E-state index contributed by atoms with van der Waals surface area (Å²) in [5.74, 6) is -0.920. The summed E-state index contributed by atoms with van der Waals surface area (Å²) < 4.78 is 0. The van der Waals surface area contributed by atoms with Gasteiger partial charge in [-0.15, -0.1) is 0 Å². The highest BCUT2D eigenvalue weighted by Gasteiger charge is 2.02. The number of hydrogen-bond donors (Lipinski definition) is 1. The first-order valence-corrected chi connectivity index (χ1v) is 5.55. The Morgan fingerprint density at radius 1 is 0.944 bits per heavy atom. The summed E-state index contributed by atoms with van der Waals surface area (Å²) >= 11 is 0. The monoisotopic (exact) mass is 240 g/mol.